The summed E-state index contributed by atoms with van der Waals surface area (Å²) in [6, 6.07) is 10.2. The molecule has 2 heterocycles. The lowest BCUT2D eigenvalue weighted by atomic mass is 10.1. The van der Waals surface area contributed by atoms with E-state index in [9.17, 15) is 4.79 Å². The van der Waals surface area contributed by atoms with Gasteiger partial charge in [0.2, 0.25) is 0 Å². The van der Waals surface area contributed by atoms with E-state index in [1.807, 2.05) is 18.2 Å². The second-order valence-corrected chi connectivity index (χ2v) is 6.49. The van der Waals surface area contributed by atoms with Crippen LogP contribution < -0.4 is 5.69 Å². The molecule has 5 nitrogen and oxygen atoms in total. The lowest BCUT2D eigenvalue weighted by molar-refractivity contribution is 0.0315. The zero-order valence-electron chi connectivity index (χ0n) is 12.5. The van der Waals surface area contributed by atoms with Gasteiger partial charge in [-0.3, -0.25) is 4.57 Å². The number of nitrogens with one attached hydrogen (secondary N) is 1. The zero-order valence-corrected chi connectivity index (χ0v) is 13.3. The van der Waals surface area contributed by atoms with Crippen molar-refractivity contribution in [3.05, 3.63) is 46.4 Å². The minimum absolute atomic E-state index is 0.136. The monoisotopic (exact) mass is 319 g/mol. The van der Waals surface area contributed by atoms with E-state index in [-0.39, 0.29) is 11.8 Å². The van der Waals surface area contributed by atoms with Gasteiger partial charge in [0.05, 0.1) is 6.10 Å². The van der Waals surface area contributed by atoms with Crippen LogP contribution in [0.5, 0.6) is 0 Å². The molecule has 1 aromatic heterocycles. The Morgan fingerprint density at radius 1 is 1.32 bits per heavy atom. The molecule has 0 unspecified atom stereocenters. The van der Waals surface area contributed by atoms with Gasteiger partial charge in [-0.2, -0.15) is 0 Å². The molecule has 1 aromatic carbocycles. The zero-order chi connectivity index (χ0) is 15.2. The molecule has 0 amide bonds. The molecule has 1 aliphatic rings. The van der Waals surface area contributed by atoms with Crippen LogP contribution in [0.25, 0.3) is 0 Å². The van der Waals surface area contributed by atoms with Crippen molar-refractivity contribution in [3.8, 4) is 0 Å². The van der Waals surface area contributed by atoms with Crippen molar-refractivity contribution in [3.63, 3.8) is 0 Å². The average molecular weight is 319 g/mol. The van der Waals surface area contributed by atoms with Crippen molar-refractivity contribution in [1.29, 1.82) is 0 Å². The normalized spacial score (nSPS) is 18.5. The average Bonchev–Trinajstić information content (AvgIpc) is 2.93. The maximum Gasteiger partial charge on any atom is 0.343 e. The van der Waals surface area contributed by atoms with Gasteiger partial charge in [-0.25, -0.2) is 9.89 Å². The lowest BCUT2D eigenvalue weighted by Crippen LogP contribution is -2.22. The van der Waals surface area contributed by atoms with E-state index in [2.05, 4.69) is 22.3 Å². The van der Waals surface area contributed by atoms with Gasteiger partial charge in [-0.1, -0.05) is 42.1 Å². The van der Waals surface area contributed by atoms with E-state index in [4.69, 9.17) is 4.74 Å². The molecule has 6 heteroatoms. The van der Waals surface area contributed by atoms with Crippen LogP contribution in [0.3, 0.4) is 0 Å². The van der Waals surface area contributed by atoms with Gasteiger partial charge in [-0.15, -0.1) is 5.10 Å². The van der Waals surface area contributed by atoms with Crippen LogP contribution in [0.4, 0.5) is 0 Å². The van der Waals surface area contributed by atoms with E-state index < -0.39 is 0 Å². The molecule has 0 saturated carbocycles. The molecule has 22 heavy (non-hydrogen) atoms. The Labute approximate surface area is 134 Å². The highest BCUT2D eigenvalue weighted by Gasteiger charge is 2.16. The summed E-state index contributed by atoms with van der Waals surface area (Å²) in [6.45, 7) is 1.50. The molecular formula is C16H21N3O2S. The number of ether oxygens (including phenoxy) is 1. The quantitative estimate of drug-likeness (QED) is 0.831. The molecule has 0 spiro atoms. The van der Waals surface area contributed by atoms with Crippen molar-refractivity contribution in [2.45, 2.75) is 43.5 Å². The highest BCUT2D eigenvalue weighted by Crippen LogP contribution is 2.21. The Hall–Kier alpha value is -1.53. The first-order valence-corrected chi connectivity index (χ1v) is 8.75. The van der Waals surface area contributed by atoms with E-state index in [0.29, 0.717) is 6.54 Å². The van der Waals surface area contributed by atoms with E-state index in [0.717, 1.165) is 36.8 Å². The predicted molar refractivity (Wildman–Crippen MR) is 87.3 cm³/mol. The first-order valence-electron chi connectivity index (χ1n) is 7.76. The summed E-state index contributed by atoms with van der Waals surface area (Å²) in [5.74, 6) is 0.857. The number of rotatable bonds is 6. The number of aromatic nitrogens is 3. The van der Waals surface area contributed by atoms with Crippen LogP contribution >= 0.6 is 11.8 Å². The van der Waals surface area contributed by atoms with Crippen molar-refractivity contribution in [1.82, 2.24) is 14.8 Å². The van der Waals surface area contributed by atoms with Crippen LogP contribution in [-0.4, -0.2) is 33.2 Å². The van der Waals surface area contributed by atoms with Crippen molar-refractivity contribution in [2.75, 3.05) is 12.4 Å². The number of hydrogen-bond acceptors (Lipinski definition) is 4. The summed E-state index contributed by atoms with van der Waals surface area (Å²) >= 11 is 1.61. The predicted octanol–water partition coefficient (Wildman–Crippen LogP) is 2.48. The third-order valence-electron chi connectivity index (χ3n) is 3.86. The van der Waals surface area contributed by atoms with Gasteiger partial charge >= 0.3 is 5.69 Å². The van der Waals surface area contributed by atoms with Crippen molar-refractivity contribution in [2.24, 2.45) is 0 Å². The molecule has 1 N–H and O–H groups in total. The van der Waals surface area contributed by atoms with Gasteiger partial charge in [0.15, 0.2) is 5.16 Å². The highest BCUT2D eigenvalue weighted by atomic mass is 32.2. The molecule has 0 bridgehead atoms. The van der Waals surface area contributed by atoms with E-state index >= 15 is 0 Å². The Morgan fingerprint density at radius 2 is 2.18 bits per heavy atom. The lowest BCUT2D eigenvalue weighted by Gasteiger charge is -2.21. The molecule has 118 valence electrons. The summed E-state index contributed by atoms with van der Waals surface area (Å²) in [7, 11) is 0. The van der Waals surface area contributed by atoms with Crippen LogP contribution in [-0.2, 0) is 17.7 Å². The van der Waals surface area contributed by atoms with Crippen LogP contribution in [0.15, 0.2) is 40.3 Å². The molecule has 3 rings (SSSR count). The SMILES string of the molecule is O=c1[nH]nc(SC[C@H]2CCCCO2)n1CCc1ccccc1. The maximum absolute atomic E-state index is 11.9. The highest BCUT2D eigenvalue weighted by molar-refractivity contribution is 7.99. The molecule has 1 saturated heterocycles. The third kappa shape index (κ3) is 4.01. The first kappa shape index (κ1) is 15.4. The second-order valence-electron chi connectivity index (χ2n) is 5.50. The van der Waals surface area contributed by atoms with Gasteiger partial charge in [0.1, 0.15) is 0 Å². The van der Waals surface area contributed by atoms with Gasteiger partial charge < -0.3 is 4.74 Å². The molecule has 0 aliphatic carbocycles. The Bertz CT molecular complexity index is 632. The third-order valence-corrected chi connectivity index (χ3v) is 4.97. The van der Waals surface area contributed by atoms with Crippen molar-refractivity contribution >= 4 is 11.8 Å². The largest absolute Gasteiger partial charge is 0.377 e. The fourth-order valence-electron chi connectivity index (χ4n) is 2.60. The van der Waals surface area contributed by atoms with Crippen LogP contribution in [0, 0.1) is 0 Å². The Balaban J connectivity index is 1.59. The summed E-state index contributed by atoms with van der Waals surface area (Å²) < 4.78 is 7.45. The van der Waals surface area contributed by atoms with Crippen molar-refractivity contribution < 1.29 is 4.74 Å². The fraction of sp³-hybridized carbons (Fsp3) is 0.500. The number of H-pyrrole nitrogens is 1. The molecular weight excluding hydrogens is 298 g/mol. The molecule has 2 aromatic rings. The van der Waals surface area contributed by atoms with Crippen LogP contribution in [0.2, 0.25) is 0 Å². The minimum Gasteiger partial charge on any atom is -0.377 e. The van der Waals surface area contributed by atoms with E-state index in [1.54, 1.807) is 16.3 Å². The maximum atomic E-state index is 11.9. The minimum atomic E-state index is -0.136. The standard InChI is InChI=1S/C16H21N3O2S/c20-15-17-18-16(22-12-14-8-4-5-11-21-14)19(15)10-9-13-6-2-1-3-7-13/h1-3,6-7,14H,4-5,8-12H2,(H,17,20)/t14-/m1/s1. The number of benzene rings is 1. The van der Waals surface area contributed by atoms with Gasteiger partial charge in [-0.05, 0) is 31.2 Å². The smallest absolute Gasteiger partial charge is 0.343 e. The second kappa shape index (κ2) is 7.65. The van der Waals surface area contributed by atoms with Gasteiger partial charge in [0, 0.05) is 18.9 Å². The number of hydrogen-bond donors (Lipinski definition) is 1. The summed E-state index contributed by atoms with van der Waals surface area (Å²) in [4.78, 5) is 11.9. The van der Waals surface area contributed by atoms with Gasteiger partial charge in [0.25, 0.3) is 0 Å². The first-order chi connectivity index (χ1) is 10.8. The molecule has 0 radical (unpaired) electrons. The fourth-order valence-corrected chi connectivity index (χ4v) is 3.64. The number of nitrogens with zero attached hydrogens (tertiary/aromatic N) is 2. The number of aromatic amines is 1. The molecule has 1 fully saturated rings. The summed E-state index contributed by atoms with van der Waals surface area (Å²) in [5.41, 5.74) is 1.09. The van der Waals surface area contributed by atoms with Crippen LogP contribution in [0.1, 0.15) is 24.8 Å². The summed E-state index contributed by atoms with van der Waals surface area (Å²) in [5, 5.41) is 7.46. The Morgan fingerprint density at radius 3 is 2.95 bits per heavy atom. The number of thioether (sulfide) groups is 1. The Kier molecular flexibility index (Phi) is 5.34. The topological polar surface area (TPSA) is 59.9 Å². The molecule has 1 aliphatic heterocycles. The summed E-state index contributed by atoms with van der Waals surface area (Å²) in [6.07, 6.45) is 4.60. The van der Waals surface area contributed by atoms with E-state index in [1.165, 1.54) is 12.0 Å². The molecule has 1 atom stereocenters. The number of aryl methyl sites for hydroxylation is 1.